The molecule has 0 amide bonds. The van der Waals surface area contributed by atoms with Crippen molar-refractivity contribution in [2.45, 2.75) is 39.7 Å². The fourth-order valence-corrected chi connectivity index (χ4v) is 4.18. The van der Waals surface area contributed by atoms with Gasteiger partial charge in [-0.15, -0.1) is 35.3 Å². The predicted octanol–water partition coefficient (Wildman–Crippen LogP) is 3.98. The molecule has 0 spiro atoms. The highest BCUT2D eigenvalue weighted by atomic mass is 127. The van der Waals surface area contributed by atoms with Crippen molar-refractivity contribution < 1.29 is 4.74 Å². The molecule has 6 nitrogen and oxygen atoms in total. The summed E-state index contributed by atoms with van der Waals surface area (Å²) in [6, 6.07) is 6.22. The van der Waals surface area contributed by atoms with Gasteiger partial charge in [0.15, 0.2) is 11.1 Å². The highest BCUT2D eigenvalue weighted by molar-refractivity contribution is 14.0. The van der Waals surface area contributed by atoms with Crippen molar-refractivity contribution in [2.75, 3.05) is 38.2 Å². The molecule has 2 heterocycles. The Morgan fingerprint density at radius 2 is 2.07 bits per heavy atom. The van der Waals surface area contributed by atoms with Crippen molar-refractivity contribution in [2.24, 2.45) is 4.99 Å². The third-order valence-corrected chi connectivity index (χ3v) is 5.73. The number of halogens is 1. The summed E-state index contributed by atoms with van der Waals surface area (Å²) < 4.78 is 5.48. The van der Waals surface area contributed by atoms with E-state index < -0.39 is 0 Å². The van der Waals surface area contributed by atoms with Gasteiger partial charge in [0.05, 0.1) is 19.3 Å². The maximum absolute atomic E-state index is 5.48. The molecule has 160 valence electrons. The lowest BCUT2D eigenvalue weighted by atomic mass is 10.1. The van der Waals surface area contributed by atoms with Crippen molar-refractivity contribution in [3.63, 3.8) is 0 Å². The van der Waals surface area contributed by atoms with Gasteiger partial charge < -0.3 is 20.3 Å². The first-order valence-electron chi connectivity index (χ1n) is 10.0. The van der Waals surface area contributed by atoms with Gasteiger partial charge in [-0.3, -0.25) is 0 Å². The van der Waals surface area contributed by atoms with Crippen LogP contribution in [0.1, 0.15) is 36.6 Å². The molecule has 1 aromatic carbocycles. The fraction of sp³-hybridized carbons (Fsp3) is 0.524. The lowest BCUT2D eigenvalue weighted by Crippen LogP contribution is -2.38. The number of ether oxygens (including phenoxy) is 1. The number of aliphatic imine (C=N–C) groups is 1. The number of guanidine groups is 1. The predicted molar refractivity (Wildman–Crippen MR) is 133 cm³/mol. The summed E-state index contributed by atoms with van der Waals surface area (Å²) >= 11 is 1.76. The minimum Gasteiger partial charge on any atom is -0.496 e. The summed E-state index contributed by atoms with van der Waals surface area (Å²) in [6.45, 7) is 8.64. The van der Waals surface area contributed by atoms with Crippen LogP contribution in [-0.2, 0) is 13.0 Å². The third kappa shape index (κ3) is 7.02. The molecule has 1 saturated heterocycles. The van der Waals surface area contributed by atoms with E-state index in [1.54, 1.807) is 18.4 Å². The zero-order chi connectivity index (χ0) is 19.8. The van der Waals surface area contributed by atoms with E-state index in [9.17, 15) is 0 Å². The lowest BCUT2D eigenvalue weighted by molar-refractivity contribution is 0.409. The highest BCUT2D eigenvalue weighted by Gasteiger charge is 2.15. The average Bonchev–Trinajstić information content (AvgIpc) is 3.38. The average molecular weight is 529 g/mol. The van der Waals surface area contributed by atoms with E-state index in [0.717, 1.165) is 55.6 Å². The van der Waals surface area contributed by atoms with Crippen LogP contribution >= 0.6 is 35.3 Å². The summed E-state index contributed by atoms with van der Waals surface area (Å²) in [5, 5.41) is 10.1. The largest absolute Gasteiger partial charge is 0.496 e. The number of hydrogen-bond acceptors (Lipinski definition) is 5. The Morgan fingerprint density at radius 1 is 1.28 bits per heavy atom. The monoisotopic (exact) mass is 529 g/mol. The van der Waals surface area contributed by atoms with Crippen molar-refractivity contribution in [3.8, 4) is 5.75 Å². The molecular weight excluding hydrogens is 497 g/mol. The molecule has 2 N–H and O–H groups in total. The van der Waals surface area contributed by atoms with Crippen LogP contribution < -0.4 is 20.3 Å². The second kappa shape index (κ2) is 12.2. The molecule has 0 atom stereocenters. The van der Waals surface area contributed by atoms with Gasteiger partial charge in [-0.2, -0.15) is 0 Å². The summed E-state index contributed by atoms with van der Waals surface area (Å²) in [6.07, 6.45) is 3.46. The Morgan fingerprint density at radius 3 is 2.79 bits per heavy atom. The van der Waals surface area contributed by atoms with Gasteiger partial charge in [-0.25, -0.2) is 9.98 Å². The van der Waals surface area contributed by atoms with E-state index in [4.69, 9.17) is 14.7 Å². The number of nitrogens with zero attached hydrogens (tertiary/aromatic N) is 3. The summed E-state index contributed by atoms with van der Waals surface area (Å²) in [5.41, 5.74) is 3.42. The lowest BCUT2D eigenvalue weighted by Gasteiger charge is -2.13. The Balaban J connectivity index is 0.00000300. The molecule has 1 fully saturated rings. The Labute approximate surface area is 195 Å². The third-order valence-electron chi connectivity index (χ3n) is 4.78. The Hall–Kier alpha value is -1.55. The number of thiazole rings is 1. The van der Waals surface area contributed by atoms with E-state index in [2.05, 4.69) is 46.9 Å². The maximum Gasteiger partial charge on any atom is 0.191 e. The summed E-state index contributed by atoms with van der Waals surface area (Å²) in [4.78, 5) is 11.9. The molecule has 1 aliphatic rings. The van der Waals surface area contributed by atoms with E-state index in [1.807, 2.05) is 6.07 Å². The number of benzene rings is 1. The molecule has 1 aliphatic heterocycles. The first-order valence-corrected chi connectivity index (χ1v) is 10.9. The van der Waals surface area contributed by atoms with Crippen LogP contribution in [0.2, 0.25) is 0 Å². The van der Waals surface area contributed by atoms with Gasteiger partial charge >= 0.3 is 0 Å². The van der Waals surface area contributed by atoms with Crippen molar-refractivity contribution >= 4 is 46.4 Å². The number of rotatable bonds is 8. The van der Waals surface area contributed by atoms with Crippen LogP contribution in [-0.4, -0.2) is 44.2 Å². The molecule has 1 aromatic heterocycles. The number of nitrogens with one attached hydrogen (secondary N) is 2. The maximum atomic E-state index is 5.48. The van der Waals surface area contributed by atoms with Crippen LogP contribution in [0, 0.1) is 6.92 Å². The first kappa shape index (κ1) is 23.7. The molecule has 8 heteroatoms. The van der Waals surface area contributed by atoms with E-state index in [1.165, 1.54) is 23.5 Å². The van der Waals surface area contributed by atoms with Gasteiger partial charge in [-0.05, 0) is 38.3 Å². The molecule has 0 radical (unpaired) electrons. The first-order chi connectivity index (χ1) is 13.7. The van der Waals surface area contributed by atoms with Crippen LogP contribution in [0.5, 0.6) is 5.75 Å². The number of anilines is 1. The molecular formula is C21H32IN5OS. The van der Waals surface area contributed by atoms with Gasteiger partial charge in [0, 0.05) is 43.5 Å². The van der Waals surface area contributed by atoms with Crippen molar-refractivity contribution in [3.05, 3.63) is 40.4 Å². The summed E-state index contributed by atoms with van der Waals surface area (Å²) in [7, 11) is 1.70. The number of hydrogen-bond donors (Lipinski definition) is 2. The molecule has 2 aromatic rings. The van der Waals surface area contributed by atoms with E-state index in [-0.39, 0.29) is 24.0 Å². The summed E-state index contributed by atoms with van der Waals surface area (Å²) in [5.74, 6) is 1.71. The topological polar surface area (TPSA) is 61.8 Å². The Bertz CT molecular complexity index is 789. The fourth-order valence-electron chi connectivity index (χ4n) is 3.26. The standard InChI is InChI=1S/C21H31N5OS.HI/c1-4-22-20(24-14-17-8-7-16(2)13-19(17)27-3)23-10-9-18-15-28-21(25-18)26-11-5-6-12-26;/h7-8,13,15H,4-6,9-12,14H2,1-3H3,(H2,22,23,24);1H. The minimum atomic E-state index is 0. The molecule has 0 aliphatic carbocycles. The zero-order valence-corrected chi connectivity index (χ0v) is 20.7. The van der Waals surface area contributed by atoms with Crippen LogP contribution in [0.15, 0.2) is 28.6 Å². The molecule has 0 unspecified atom stereocenters. The minimum absolute atomic E-state index is 0. The SMILES string of the molecule is CCNC(=NCc1ccc(C)cc1OC)NCCc1csc(N2CCCC2)n1.I. The van der Waals surface area contributed by atoms with Crippen molar-refractivity contribution in [1.82, 2.24) is 15.6 Å². The molecule has 0 saturated carbocycles. The second-order valence-electron chi connectivity index (χ2n) is 7.00. The quantitative estimate of drug-likeness (QED) is 0.308. The number of aromatic nitrogens is 1. The molecule has 3 rings (SSSR count). The van der Waals surface area contributed by atoms with Crippen LogP contribution in [0.3, 0.4) is 0 Å². The molecule has 0 bridgehead atoms. The van der Waals surface area contributed by atoms with Gasteiger partial charge in [0.1, 0.15) is 5.75 Å². The van der Waals surface area contributed by atoms with Gasteiger partial charge in [-0.1, -0.05) is 12.1 Å². The number of aryl methyl sites for hydroxylation is 1. The van der Waals surface area contributed by atoms with Crippen LogP contribution in [0.4, 0.5) is 5.13 Å². The Kier molecular flexibility index (Phi) is 9.99. The van der Waals surface area contributed by atoms with Crippen molar-refractivity contribution in [1.29, 1.82) is 0 Å². The second-order valence-corrected chi connectivity index (χ2v) is 7.84. The normalized spacial score (nSPS) is 13.9. The van der Waals surface area contributed by atoms with Gasteiger partial charge in [0.25, 0.3) is 0 Å². The van der Waals surface area contributed by atoms with Crippen LogP contribution in [0.25, 0.3) is 0 Å². The zero-order valence-electron chi connectivity index (χ0n) is 17.5. The molecule has 29 heavy (non-hydrogen) atoms. The number of methoxy groups -OCH3 is 1. The van der Waals surface area contributed by atoms with E-state index >= 15 is 0 Å². The van der Waals surface area contributed by atoms with E-state index in [0.29, 0.717) is 6.54 Å². The smallest absolute Gasteiger partial charge is 0.191 e. The van der Waals surface area contributed by atoms with Gasteiger partial charge in [0.2, 0.25) is 0 Å². The highest BCUT2D eigenvalue weighted by Crippen LogP contribution is 2.24.